The number of ether oxygens (including phenoxy) is 2. The smallest absolute Gasteiger partial charge is 0.311 e. The van der Waals surface area contributed by atoms with Crippen LogP contribution in [0.15, 0.2) is 16.7 Å². The van der Waals surface area contributed by atoms with E-state index >= 15 is 0 Å². The summed E-state index contributed by atoms with van der Waals surface area (Å²) >= 11 is 0. The van der Waals surface area contributed by atoms with E-state index in [4.69, 9.17) is 13.9 Å². The van der Waals surface area contributed by atoms with E-state index in [1.807, 2.05) is 6.07 Å². The maximum absolute atomic E-state index is 12.8. The lowest BCUT2D eigenvalue weighted by molar-refractivity contribution is -0.176. The molecule has 30 heavy (non-hydrogen) atoms. The number of carbonyl (C=O) groups is 3. The van der Waals surface area contributed by atoms with E-state index in [2.05, 4.69) is 13.8 Å². The number of hydrogen-bond acceptors (Lipinski definition) is 6. The molecule has 1 aromatic rings. The summed E-state index contributed by atoms with van der Waals surface area (Å²) in [7, 11) is 1.48. The Morgan fingerprint density at radius 1 is 1.27 bits per heavy atom. The number of hydrogen-bond donors (Lipinski definition) is 0. The van der Waals surface area contributed by atoms with E-state index in [9.17, 15) is 14.4 Å². The first-order valence-corrected chi connectivity index (χ1v) is 11.0. The molecule has 2 saturated carbocycles. The Hall–Kier alpha value is -2.11. The number of methoxy groups -OCH3 is 1. The minimum atomic E-state index is -0.490. The van der Waals surface area contributed by atoms with E-state index in [1.54, 1.807) is 6.26 Å². The maximum Gasteiger partial charge on any atom is 0.311 e. The number of esters is 2. The van der Waals surface area contributed by atoms with Gasteiger partial charge in [0.1, 0.15) is 0 Å². The highest BCUT2D eigenvalue weighted by Crippen LogP contribution is 2.62. The van der Waals surface area contributed by atoms with Gasteiger partial charge in [0.2, 0.25) is 0 Å². The van der Waals surface area contributed by atoms with Gasteiger partial charge in [-0.25, -0.2) is 0 Å². The van der Waals surface area contributed by atoms with Crippen molar-refractivity contribution in [1.29, 1.82) is 0 Å². The number of carbonyl (C=O) groups excluding carboxylic acids is 3. The largest absolute Gasteiger partial charge is 0.469 e. The van der Waals surface area contributed by atoms with Gasteiger partial charge >= 0.3 is 11.9 Å². The molecule has 0 bridgehead atoms. The average molecular weight is 419 g/mol. The Balaban J connectivity index is 1.90. The third kappa shape index (κ3) is 4.06. The number of furan rings is 1. The van der Waals surface area contributed by atoms with Crippen molar-refractivity contribution < 1.29 is 28.3 Å². The minimum Gasteiger partial charge on any atom is -0.469 e. The van der Waals surface area contributed by atoms with Gasteiger partial charge in [-0.1, -0.05) is 13.3 Å². The molecule has 0 aliphatic heterocycles. The van der Waals surface area contributed by atoms with Gasteiger partial charge in [0.05, 0.1) is 25.4 Å². The fourth-order valence-electron chi connectivity index (χ4n) is 6.56. The van der Waals surface area contributed by atoms with Crippen LogP contribution in [0.3, 0.4) is 0 Å². The number of rotatable bonds is 7. The molecule has 0 aromatic carbocycles. The molecule has 0 saturated heterocycles. The molecule has 0 amide bonds. The Morgan fingerprint density at radius 3 is 2.70 bits per heavy atom. The Morgan fingerprint density at radius 2 is 2.03 bits per heavy atom. The summed E-state index contributed by atoms with van der Waals surface area (Å²) in [5.74, 6) is 0.735. The third-order valence-electron chi connectivity index (χ3n) is 7.98. The van der Waals surface area contributed by atoms with Crippen molar-refractivity contribution in [3.8, 4) is 0 Å². The van der Waals surface area contributed by atoms with Crippen LogP contribution in [0.25, 0.3) is 0 Å². The van der Waals surface area contributed by atoms with Crippen molar-refractivity contribution in [2.45, 2.75) is 65.7 Å². The normalized spacial score (nSPS) is 33.4. The summed E-state index contributed by atoms with van der Waals surface area (Å²) in [5, 5.41) is 0. The Labute approximate surface area is 178 Å². The molecule has 0 spiro atoms. The van der Waals surface area contributed by atoms with Crippen LogP contribution in [0.1, 0.15) is 75.4 Å². The first kappa shape index (κ1) is 22.6. The summed E-state index contributed by atoms with van der Waals surface area (Å²) in [6, 6.07) is 1.85. The van der Waals surface area contributed by atoms with Gasteiger partial charge < -0.3 is 13.9 Å². The molecule has 2 aliphatic carbocycles. The summed E-state index contributed by atoms with van der Waals surface area (Å²) < 4.78 is 15.9. The quantitative estimate of drug-likeness (QED) is 0.475. The first-order valence-electron chi connectivity index (χ1n) is 11.0. The van der Waals surface area contributed by atoms with Crippen molar-refractivity contribution in [2.75, 3.05) is 13.7 Å². The first-order chi connectivity index (χ1) is 14.3. The zero-order valence-electron chi connectivity index (χ0n) is 18.6. The molecule has 0 N–H and O–H groups in total. The van der Waals surface area contributed by atoms with Gasteiger partial charge in [-0.3, -0.25) is 14.4 Å². The Bertz CT molecular complexity index is 782. The van der Waals surface area contributed by atoms with Crippen molar-refractivity contribution in [2.24, 2.45) is 28.6 Å². The van der Waals surface area contributed by atoms with Crippen molar-refractivity contribution >= 4 is 18.2 Å². The predicted octanol–water partition coefficient (Wildman–Crippen LogP) is 4.60. The molecule has 4 unspecified atom stereocenters. The van der Waals surface area contributed by atoms with Crippen molar-refractivity contribution in [3.05, 3.63) is 23.7 Å². The molecule has 5 atom stereocenters. The van der Waals surface area contributed by atoms with Crippen molar-refractivity contribution in [3.63, 3.8) is 0 Å². The molecular weight excluding hydrogens is 384 g/mol. The van der Waals surface area contributed by atoms with Crippen LogP contribution in [0.5, 0.6) is 0 Å². The van der Waals surface area contributed by atoms with Crippen molar-refractivity contribution in [1.82, 2.24) is 0 Å². The summed E-state index contributed by atoms with van der Waals surface area (Å²) in [5.41, 5.74) is 0.360. The highest BCUT2D eigenvalue weighted by molar-refractivity contribution is 5.77. The SMILES string of the molecule is COC(=O)C1(C)CCCC2(C)C(CCc3ccoc3C=O)[C@H](COC(C)=O)CCC12. The van der Waals surface area contributed by atoms with Gasteiger partial charge in [0, 0.05) is 12.5 Å². The molecule has 6 heteroatoms. The lowest BCUT2D eigenvalue weighted by Crippen LogP contribution is -2.55. The number of fused-ring (bicyclic) bond motifs is 1. The standard InChI is InChI=1S/C24H34O6/c1-16(26)30-15-18-7-9-21-23(2,11-5-12-24(21,3)22(27)28-4)19(18)8-6-17-10-13-29-20(17)14-25/h10,13-14,18-19,21H,5-9,11-12,15H2,1-4H3/t18-,19?,21?,23?,24?/m0/s1. The summed E-state index contributed by atoms with van der Waals surface area (Å²) in [4.78, 5) is 35.5. The maximum atomic E-state index is 12.8. The lowest BCUT2D eigenvalue weighted by atomic mass is 9.45. The molecule has 2 fully saturated rings. The van der Waals surface area contributed by atoms with Crippen LogP contribution in [0, 0.1) is 28.6 Å². The molecule has 1 heterocycles. The second-order valence-corrected chi connectivity index (χ2v) is 9.53. The topological polar surface area (TPSA) is 82.8 Å². The summed E-state index contributed by atoms with van der Waals surface area (Å²) in [6.07, 6.45) is 8.59. The van der Waals surface area contributed by atoms with Gasteiger partial charge in [-0.05, 0) is 74.7 Å². The number of aldehydes is 1. The van der Waals surface area contributed by atoms with E-state index in [-0.39, 0.29) is 35.1 Å². The van der Waals surface area contributed by atoms with E-state index in [1.165, 1.54) is 14.0 Å². The molecular formula is C24H34O6. The minimum absolute atomic E-state index is 0.0602. The monoisotopic (exact) mass is 418 g/mol. The molecule has 2 aliphatic rings. The van der Waals surface area contributed by atoms with Crippen LogP contribution in [0.2, 0.25) is 0 Å². The van der Waals surface area contributed by atoms with E-state index in [0.717, 1.165) is 56.8 Å². The fourth-order valence-corrected chi connectivity index (χ4v) is 6.56. The highest BCUT2D eigenvalue weighted by Gasteiger charge is 2.58. The molecule has 3 rings (SSSR count). The lowest BCUT2D eigenvalue weighted by Gasteiger charge is -2.59. The highest BCUT2D eigenvalue weighted by atomic mass is 16.5. The van der Waals surface area contributed by atoms with Crippen LogP contribution >= 0.6 is 0 Å². The van der Waals surface area contributed by atoms with Crippen LogP contribution < -0.4 is 0 Å². The second kappa shape index (κ2) is 8.94. The zero-order chi connectivity index (χ0) is 21.9. The molecule has 0 radical (unpaired) electrons. The molecule has 166 valence electrons. The van der Waals surface area contributed by atoms with Crippen LogP contribution in [-0.4, -0.2) is 31.9 Å². The predicted molar refractivity (Wildman–Crippen MR) is 111 cm³/mol. The average Bonchev–Trinajstić information content (AvgIpc) is 3.17. The van der Waals surface area contributed by atoms with Gasteiger partial charge in [-0.15, -0.1) is 0 Å². The van der Waals surface area contributed by atoms with Crippen LogP contribution in [0.4, 0.5) is 0 Å². The van der Waals surface area contributed by atoms with E-state index in [0.29, 0.717) is 12.4 Å². The number of aryl methyl sites for hydroxylation is 1. The van der Waals surface area contributed by atoms with Gasteiger partial charge in [-0.2, -0.15) is 0 Å². The zero-order valence-corrected chi connectivity index (χ0v) is 18.6. The molecule has 6 nitrogen and oxygen atoms in total. The Kier molecular flexibility index (Phi) is 6.73. The van der Waals surface area contributed by atoms with E-state index < -0.39 is 5.41 Å². The van der Waals surface area contributed by atoms with Gasteiger partial charge in [0.25, 0.3) is 0 Å². The fraction of sp³-hybridized carbons (Fsp3) is 0.708. The molecule has 1 aromatic heterocycles. The second-order valence-electron chi connectivity index (χ2n) is 9.53. The van der Waals surface area contributed by atoms with Crippen LogP contribution in [-0.2, 0) is 25.5 Å². The summed E-state index contributed by atoms with van der Waals surface area (Å²) in [6.45, 7) is 6.21. The third-order valence-corrected chi connectivity index (χ3v) is 7.98. The van der Waals surface area contributed by atoms with Gasteiger partial charge in [0.15, 0.2) is 12.0 Å².